The summed E-state index contributed by atoms with van der Waals surface area (Å²) in [5.74, 6) is 1.91. The standard InChI is InChI=1S/C31H43N7O4/c1-31(2,3)42-30(40)32-15-8-4-5-13-26(39)37-17-14-22-10-6-7-12-25(24(22)18-37)41-19-23-11-9-16-38(23)29-27-28(34-20-33-27)35-21-36-29/h7,10,12,20-21,23H,4-6,8-9,11,13-19H2,1-3H3,(H,32,40)(H,33,34,35,36). The number of carbonyl (C=O) groups is 2. The molecule has 2 fully saturated rings. The summed E-state index contributed by atoms with van der Waals surface area (Å²) in [6.45, 7) is 8.83. The number of aromatic amines is 1. The minimum Gasteiger partial charge on any atom is -0.491 e. The Hall–Kier alpha value is -3.89. The van der Waals surface area contributed by atoms with Crippen LogP contribution in [0.25, 0.3) is 11.2 Å². The fourth-order valence-electron chi connectivity index (χ4n) is 5.76. The minimum absolute atomic E-state index is 0.170. The van der Waals surface area contributed by atoms with Gasteiger partial charge in [-0.1, -0.05) is 18.6 Å². The van der Waals surface area contributed by atoms with Crippen molar-refractivity contribution < 1.29 is 19.1 Å². The van der Waals surface area contributed by atoms with Crippen LogP contribution in [-0.2, 0) is 14.3 Å². The van der Waals surface area contributed by atoms with Gasteiger partial charge in [-0.25, -0.2) is 19.7 Å². The molecule has 3 aliphatic rings. The van der Waals surface area contributed by atoms with Gasteiger partial charge in [-0.05, 0) is 70.9 Å². The largest absolute Gasteiger partial charge is 0.491 e. The maximum atomic E-state index is 13.1. The van der Waals surface area contributed by atoms with E-state index in [0.29, 0.717) is 31.8 Å². The second-order valence-electron chi connectivity index (χ2n) is 12.1. The van der Waals surface area contributed by atoms with E-state index in [1.165, 1.54) is 5.57 Å². The molecule has 0 spiro atoms. The van der Waals surface area contributed by atoms with Gasteiger partial charge in [0.2, 0.25) is 5.91 Å². The van der Waals surface area contributed by atoms with E-state index in [1.807, 2.05) is 25.7 Å². The third-order valence-corrected chi connectivity index (χ3v) is 7.83. The van der Waals surface area contributed by atoms with Gasteiger partial charge in [-0.2, -0.15) is 0 Å². The number of likely N-dealkylation sites (tertiary alicyclic amines) is 1. The van der Waals surface area contributed by atoms with Crippen LogP contribution < -0.4 is 10.2 Å². The highest BCUT2D eigenvalue weighted by Gasteiger charge is 2.30. The lowest BCUT2D eigenvalue weighted by Crippen LogP contribution is -2.38. The van der Waals surface area contributed by atoms with Crippen molar-refractivity contribution in [2.24, 2.45) is 0 Å². The van der Waals surface area contributed by atoms with Crippen molar-refractivity contribution in [1.29, 1.82) is 0 Å². The molecular weight excluding hydrogens is 534 g/mol. The number of nitrogens with zero attached hydrogens (tertiary/aromatic N) is 5. The van der Waals surface area contributed by atoms with Crippen LogP contribution in [-0.4, -0.2) is 81.3 Å². The molecule has 226 valence electrons. The molecule has 0 saturated carbocycles. The maximum absolute atomic E-state index is 13.1. The zero-order valence-electron chi connectivity index (χ0n) is 25.0. The number of H-pyrrole nitrogens is 1. The van der Waals surface area contributed by atoms with Crippen molar-refractivity contribution in [2.75, 3.05) is 37.7 Å². The lowest BCUT2D eigenvalue weighted by molar-refractivity contribution is -0.131. The fourth-order valence-corrected chi connectivity index (χ4v) is 5.76. The molecule has 2 aliphatic heterocycles. The van der Waals surface area contributed by atoms with Crippen molar-refractivity contribution in [1.82, 2.24) is 30.2 Å². The van der Waals surface area contributed by atoms with Gasteiger partial charge in [0.15, 0.2) is 11.5 Å². The minimum atomic E-state index is -0.505. The van der Waals surface area contributed by atoms with Crippen molar-refractivity contribution in [2.45, 2.75) is 83.8 Å². The van der Waals surface area contributed by atoms with Gasteiger partial charge in [0, 0.05) is 38.2 Å². The summed E-state index contributed by atoms with van der Waals surface area (Å²) in [4.78, 5) is 45.4. The molecule has 1 unspecified atom stereocenters. The van der Waals surface area contributed by atoms with Crippen molar-refractivity contribution >= 4 is 29.0 Å². The number of fused-ring (bicyclic) bond motifs is 2. The predicted molar refractivity (Wildman–Crippen MR) is 161 cm³/mol. The Morgan fingerprint density at radius 3 is 2.88 bits per heavy atom. The second kappa shape index (κ2) is 13.4. The maximum Gasteiger partial charge on any atom is 0.407 e. The second-order valence-corrected chi connectivity index (χ2v) is 12.1. The highest BCUT2D eigenvalue weighted by Crippen LogP contribution is 2.32. The summed E-state index contributed by atoms with van der Waals surface area (Å²) in [6.07, 6.45) is 16.1. The van der Waals surface area contributed by atoms with E-state index in [0.717, 1.165) is 80.7 Å². The third kappa shape index (κ3) is 7.49. The van der Waals surface area contributed by atoms with Crippen LogP contribution in [0.1, 0.15) is 72.1 Å². The first-order valence-corrected chi connectivity index (χ1v) is 15.2. The first kappa shape index (κ1) is 29.6. The van der Waals surface area contributed by atoms with Crippen molar-refractivity contribution in [3.05, 3.63) is 47.8 Å². The zero-order chi connectivity index (χ0) is 29.5. The molecule has 1 atom stereocenters. The van der Waals surface area contributed by atoms with Crippen molar-refractivity contribution in [3.8, 4) is 0 Å². The van der Waals surface area contributed by atoms with Gasteiger partial charge < -0.3 is 29.6 Å². The summed E-state index contributed by atoms with van der Waals surface area (Å²) in [5, 5.41) is 2.78. The Morgan fingerprint density at radius 2 is 2.02 bits per heavy atom. The Morgan fingerprint density at radius 1 is 1.14 bits per heavy atom. The molecule has 2 amide bonds. The molecule has 2 aromatic heterocycles. The molecule has 2 aromatic rings. The molecule has 0 bridgehead atoms. The number of carbonyl (C=O) groups excluding carboxylic acids is 2. The number of allylic oxidation sites excluding steroid dienone is 3. The van der Waals surface area contributed by atoms with Crippen LogP contribution in [0.3, 0.4) is 0 Å². The molecule has 0 radical (unpaired) electrons. The number of piperidine rings is 1. The van der Waals surface area contributed by atoms with Gasteiger partial charge in [-0.3, -0.25) is 4.79 Å². The Bertz CT molecular complexity index is 1360. The van der Waals surface area contributed by atoms with Crippen LogP contribution in [0.2, 0.25) is 0 Å². The molecule has 11 heteroatoms. The van der Waals surface area contributed by atoms with Gasteiger partial charge in [0.25, 0.3) is 0 Å². The third-order valence-electron chi connectivity index (χ3n) is 7.83. The van der Waals surface area contributed by atoms with E-state index >= 15 is 0 Å². The van der Waals surface area contributed by atoms with E-state index in [1.54, 1.807) is 12.7 Å². The number of hydrogen-bond acceptors (Lipinski definition) is 8. The molecule has 42 heavy (non-hydrogen) atoms. The number of aromatic nitrogens is 4. The van der Waals surface area contributed by atoms with E-state index in [9.17, 15) is 9.59 Å². The van der Waals surface area contributed by atoms with E-state index < -0.39 is 11.7 Å². The molecule has 11 nitrogen and oxygen atoms in total. The number of alkyl carbamates (subject to hydrolysis) is 1. The quantitative estimate of drug-likeness (QED) is 0.386. The van der Waals surface area contributed by atoms with Gasteiger partial charge in [-0.15, -0.1) is 0 Å². The zero-order valence-corrected chi connectivity index (χ0v) is 25.0. The SMILES string of the molecule is CC(C)(C)OC(=O)NCCCCCC(=O)N1CCC2=CCC=CC(OCC3CCCN3c3ncnc4nc[nH]c34)=C2C1. The average molecular weight is 578 g/mol. The summed E-state index contributed by atoms with van der Waals surface area (Å²) in [6, 6.07) is 0.190. The first-order chi connectivity index (χ1) is 20.3. The number of nitrogens with one attached hydrogen (secondary N) is 2. The smallest absolute Gasteiger partial charge is 0.407 e. The number of anilines is 1. The highest BCUT2D eigenvalue weighted by molar-refractivity contribution is 5.83. The lowest BCUT2D eigenvalue weighted by atomic mass is 9.96. The highest BCUT2D eigenvalue weighted by atomic mass is 16.6. The summed E-state index contributed by atoms with van der Waals surface area (Å²) >= 11 is 0. The number of hydrogen-bond donors (Lipinski definition) is 2. The van der Waals surface area contributed by atoms with Gasteiger partial charge in [0.1, 0.15) is 29.8 Å². The molecule has 4 heterocycles. The Labute approximate surface area is 247 Å². The van der Waals surface area contributed by atoms with E-state index in [-0.39, 0.29) is 11.9 Å². The topological polar surface area (TPSA) is 126 Å². The van der Waals surface area contributed by atoms with Crippen LogP contribution in [0.15, 0.2) is 47.8 Å². The Kier molecular flexibility index (Phi) is 9.44. The normalized spacial score (nSPS) is 19.0. The Balaban J connectivity index is 1.14. The van der Waals surface area contributed by atoms with Gasteiger partial charge >= 0.3 is 6.09 Å². The monoisotopic (exact) mass is 577 g/mol. The summed E-state index contributed by atoms with van der Waals surface area (Å²) in [5.41, 5.74) is 3.42. The summed E-state index contributed by atoms with van der Waals surface area (Å²) in [7, 11) is 0. The lowest BCUT2D eigenvalue weighted by Gasteiger charge is -2.32. The van der Waals surface area contributed by atoms with Crippen LogP contribution in [0.4, 0.5) is 10.6 Å². The van der Waals surface area contributed by atoms with Gasteiger partial charge in [0.05, 0.1) is 12.4 Å². The summed E-state index contributed by atoms with van der Waals surface area (Å²) < 4.78 is 11.8. The molecule has 2 N–H and O–H groups in total. The molecule has 1 aliphatic carbocycles. The first-order valence-electron chi connectivity index (χ1n) is 15.2. The predicted octanol–water partition coefficient (Wildman–Crippen LogP) is 4.80. The number of rotatable bonds is 10. The van der Waals surface area contributed by atoms with Crippen LogP contribution in [0, 0.1) is 0 Å². The van der Waals surface area contributed by atoms with E-state index in [2.05, 4.69) is 48.4 Å². The molecule has 2 saturated heterocycles. The van der Waals surface area contributed by atoms with E-state index in [4.69, 9.17) is 9.47 Å². The number of ether oxygens (including phenoxy) is 2. The number of amides is 2. The average Bonchev–Trinajstić information content (AvgIpc) is 3.58. The molecular formula is C31H43N7O4. The van der Waals surface area contributed by atoms with Crippen LogP contribution >= 0.6 is 0 Å². The number of imidazole rings is 1. The van der Waals surface area contributed by atoms with Crippen molar-refractivity contribution in [3.63, 3.8) is 0 Å². The molecule has 5 rings (SSSR count). The van der Waals surface area contributed by atoms with Crippen LogP contribution in [0.5, 0.6) is 0 Å². The number of unbranched alkanes of at least 4 members (excludes halogenated alkanes) is 2. The molecule has 0 aromatic carbocycles. The fraction of sp³-hybridized carbons (Fsp3) is 0.581.